The monoisotopic (exact) mass is 511 g/mol. The Morgan fingerprint density at radius 3 is 2.69 bits per heavy atom. The molecule has 2 N–H and O–H groups in total. The van der Waals surface area contributed by atoms with Gasteiger partial charge < -0.3 is 24.4 Å². The predicted octanol–water partition coefficient (Wildman–Crippen LogP) is 1.69. The third-order valence-corrected chi connectivity index (χ3v) is 6.30. The Morgan fingerprint density at radius 1 is 1.31 bits per heavy atom. The van der Waals surface area contributed by atoms with Gasteiger partial charge in [0.05, 0.1) is 10.5 Å². The number of nitrogens with zero attached hydrogens (tertiary/aromatic N) is 1. The summed E-state index contributed by atoms with van der Waals surface area (Å²) in [5, 5.41) is 19.9. The van der Waals surface area contributed by atoms with Crippen molar-refractivity contribution < 1.29 is 38.8 Å². The van der Waals surface area contributed by atoms with Crippen LogP contribution < -0.4 is 0 Å². The van der Waals surface area contributed by atoms with Crippen molar-refractivity contribution in [1.29, 1.82) is 0 Å². The highest BCUT2D eigenvalue weighted by Gasteiger charge is 2.50. The van der Waals surface area contributed by atoms with E-state index in [1.54, 1.807) is 0 Å². The number of hydrogen-bond acceptors (Lipinski definition) is 8. The number of methoxy groups -OCH3 is 1. The summed E-state index contributed by atoms with van der Waals surface area (Å²) in [6.45, 7) is -0.0370. The van der Waals surface area contributed by atoms with Gasteiger partial charge in [-0.3, -0.25) is 9.59 Å². The smallest absolute Gasteiger partial charge is 0.417 e. The van der Waals surface area contributed by atoms with Crippen LogP contribution in [0.15, 0.2) is 40.9 Å². The Kier molecular flexibility index (Phi) is 8.18. The summed E-state index contributed by atoms with van der Waals surface area (Å²) < 4.78 is 16.2. The van der Waals surface area contributed by atoms with Crippen molar-refractivity contribution in [2.75, 3.05) is 20.3 Å². The number of amides is 2. The van der Waals surface area contributed by atoms with Gasteiger partial charge in [0.1, 0.15) is 6.61 Å². The van der Waals surface area contributed by atoms with Gasteiger partial charge in [-0.2, -0.15) is 0 Å². The fraction of sp³-hybridized carbons (Fsp3) is 0.500. The molecule has 0 aromatic heterocycles. The predicted molar refractivity (Wildman–Crippen MR) is 116 cm³/mol. The average Bonchev–Trinajstić information content (AvgIpc) is 3.13. The maximum absolute atomic E-state index is 13.3. The van der Waals surface area contributed by atoms with Crippen molar-refractivity contribution >= 4 is 33.7 Å². The summed E-state index contributed by atoms with van der Waals surface area (Å²) in [4.78, 5) is 39.3. The lowest BCUT2D eigenvalue weighted by molar-refractivity contribution is -0.227. The second kappa shape index (κ2) is 10.7. The lowest BCUT2D eigenvalue weighted by atomic mass is 9.98. The number of aliphatic hydroxyl groups is 2. The Bertz CT molecular complexity index is 876. The number of carbonyl (C=O) groups excluding carboxylic acids is 3. The van der Waals surface area contributed by atoms with Gasteiger partial charge in [0.25, 0.3) is 5.91 Å². The SMILES string of the molecule is COC(C(=O)N1C(=O)OCC1Cc1ccccc1)C1OC(O)(CCCCO)C(Br)=CC1=O. The molecule has 1 aromatic rings. The van der Waals surface area contributed by atoms with E-state index in [-0.39, 0.29) is 24.1 Å². The summed E-state index contributed by atoms with van der Waals surface area (Å²) in [7, 11) is 1.23. The minimum atomic E-state index is -1.86. The number of benzene rings is 1. The van der Waals surface area contributed by atoms with Gasteiger partial charge in [-0.1, -0.05) is 30.3 Å². The maximum Gasteiger partial charge on any atom is 0.417 e. The molecule has 174 valence electrons. The lowest BCUT2D eigenvalue weighted by Crippen LogP contribution is -2.56. The summed E-state index contributed by atoms with van der Waals surface area (Å²) >= 11 is 3.15. The Hall–Kier alpha value is -2.11. The second-order valence-electron chi connectivity index (χ2n) is 7.68. The fourth-order valence-electron chi connectivity index (χ4n) is 3.77. The van der Waals surface area contributed by atoms with Gasteiger partial charge >= 0.3 is 6.09 Å². The molecule has 2 aliphatic heterocycles. The first-order valence-corrected chi connectivity index (χ1v) is 11.1. The Morgan fingerprint density at radius 2 is 2.03 bits per heavy atom. The van der Waals surface area contributed by atoms with E-state index in [2.05, 4.69) is 15.9 Å². The molecule has 32 heavy (non-hydrogen) atoms. The number of halogens is 1. The Balaban J connectivity index is 1.80. The molecule has 0 spiro atoms. The molecular weight excluding hydrogens is 486 g/mol. The van der Waals surface area contributed by atoms with Gasteiger partial charge in [0.2, 0.25) is 0 Å². The van der Waals surface area contributed by atoms with Crippen LogP contribution in [0, 0.1) is 0 Å². The van der Waals surface area contributed by atoms with Crippen molar-refractivity contribution in [2.24, 2.45) is 0 Å². The molecule has 10 heteroatoms. The summed E-state index contributed by atoms with van der Waals surface area (Å²) in [6.07, 6.45) is -1.29. The van der Waals surface area contributed by atoms with E-state index in [4.69, 9.17) is 19.3 Å². The summed E-state index contributed by atoms with van der Waals surface area (Å²) in [6, 6.07) is 8.76. The third-order valence-electron chi connectivity index (χ3n) is 5.45. The number of aliphatic hydroxyl groups excluding tert-OH is 1. The van der Waals surface area contributed by atoms with E-state index < -0.39 is 41.8 Å². The van der Waals surface area contributed by atoms with Gasteiger partial charge in [-0.15, -0.1) is 0 Å². The first-order valence-electron chi connectivity index (χ1n) is 10.3. The van der Waals surface area contributed by atoms with E-state index in [0.717, 1.165) is 16.5 Å². The molecule has 3 rings (SSSR count). The molecule has 1 aromatic carbocycles. The number of ether oxygens (including phenoxy) is 3. The minimum absolute atomic E-state index is 0.0198. The largest absolute Gasteiger partial charge is 0.447 e. The van der Waals surface area contributed by atoms with Crippen LogP contribution in [-0.2, 0) is 30.2 Å². The zero-order chi connectivity index (χ0) is 23.3. The number of cyclic esters (lactones) is 1. The molecule has 4 atom stereocenters. The molecule has 4 unspecified atom stereocenters. The van der Waals surface area contributed by atoms with Crippen LogP contribution in [0.1, 0.15) is 24.8 Å². The molecule has 2 aliphatic rings. The van der Waals surface area contributed by atoms with Crippen molar-refractivity contribution in [3.05, 3.63) is 46.5 Å². The highest BCUT2D eigenvalue weighted by atomic mass is 79.9. The fourth-order valence-corrected chi connectivity index (χ4v) is 4.29. The lowest BCUT2D eigenvalue weighted by Gasteiger charge is -2.38. The number of carbonyl (C=O) groups is 3. The van der Waals surface area contributed by atoms with Crippen LogP contribution >= 0.6 is 15.9 Å². The van der Waals surface area contributed by atoms with Crippen molar-refractivity contribution in [3.8, 4) is 0 Å². The highest BCUT2D eigenvalue weighted by molar-refractivity contribution is 9.11. The normalized spacial score (nSPS) is 26.6. The zero-order valence-electron chi connectivity index (χ0n) is 17.6. The molecule has 0 bridgehead atoms. The molecule has 1 saturated heterocycles. The first-order chi connectivity index (χ1) is 15.3. The van der Waals surface area contributed by atoms with E-state index in [9.17, 15) is 19.5 Å². The van der Waals surface area contributed by atoms with Crippen LogP contribution in [-0.4, -0.2) is 77.3 Å². The highest BCUT2D eigenvalue weighted by Crippen LogP contribution is 2.36. The number of hydrogen-bond donors (Lipinski definition) is 2. The van der Waals surface area contributed by atoms with Crippen molar-refractivity contribution in [1.82, 2.24) is 4.90 Å². The number of imide groups is 1. The molecular formula is C22H26BrNO8. The van der Waals surface area contributed by atoms with E-state index in [0.29, 0.717) is 19.3 Å². The molecule has 2 amide bonds. The van der Waals surface area contributed by atoms with E-state index >= 15 is 0 Å². The Labute approximate surface area is 194 Å². The first kappa shape index (κ1) is 24.5. The van der Waals surface area contributed by atoms with Gasteiger partial charge in [-0.25, -0.2) is 9.69 Å². The quantitative estimate of drug-likeness (QED) is 0.480. The van der Waals surface area contributed by atoms with Crippen LogP contribution in [0.2, 0.25) is 0 Å². The average molecular weight is 512 g/mol. The topological polar surface area (TPSA) is 123 Å². The molecule has 9 nitrogen and oxygen atoms in total. The van der Waals surface area contributed by atoms with Crippen molar-refractivity contribution in [2.45, 2.75) is 49.7 Å². The summed E-state index contributed by atoms with van der Waals surface area (Å²) in [5.41, 5.74) is 0.915. The van der Waals surface area contributed by atoms with E-state index in [1.807, 2.05) is 30.3 Å². The number of unbranched alkanes of at least 4 members (excludes halogenated alkanes) is 1. The van der Waals surface area contributed by atoms with Crippen LogP contribution in [0.5, 0.6) is 0 Å². The molecule has 0 saturated carbocycles. The minimum Gasteiger partial charge on any atom is -0.447 e. The van der Waals surface area contributed by atoms with Crippen LogP contribution in [0.3, 0.4) is 0 Å². The molecule has 2 heterocycles. The van der Waals surface area contributed by atoms with Crippen molar-refractivity contribution in [3.63, 3.8) is 0 Å². The van der Waals surface area contributed by atoms with Gasteiger partial charge in [0.15, 0.2) is 23.8 Å². The standard InChI is InChI=1S/C22H26BrNO8/c1-30-19(18-16(26)12-17(23)22(29,32-18)9-5-6-10-25)20(27)24-15(13-31-21(24)28)11-14-7-3-2-4-8-14/h2-4,7-8,12,15,18-19,25,29H,5-6,9-11,13H2,1H3. The second-order valence-corrected chi connectivity index (χ2v) is 8.54. The zero-order valence-corrected chi connectivity index (χ0v) is 19.2. The number of rotatable bonds is 9. The van der Waals surface area contributed by atoms with Crippen LogP contribution in [0.4, 0.5) is 4.79 Å². The molecule has 1 fully saturated rings. The van der Waals surface area contributed by atoms with E-state index in [1.165, 1.54) is 7.11 Å². The summed E-state index contributed by atoms with van der Waals surface area (Å²) in [5.74, 6) is -3.23. The maximum atomic E-state index is 13.3. The molecule has 0 radical (unpaired) electrons. The number of ketones is 1. The third kappa shape index (κ3) is 5.26. The van der Waals surface area contributed by atoms with Gasteiger partial charge in [-0.05, 0) is 46.8 Å². The van der Waals surface area contributed by atoms with Gasteiger partial charge in [0, 0.05) is 20.1 Å². The molecule has 0 aliphatic carbocycles. The van der Waals surface area contributed by atoms with Crippen LogP contribution in [0.25, 0.3) is 0 Å².